The van der Waals surface area contributed by atoms with Crippen LogP contribution in [-0.4, -0.2) is 66.0 Å². The molecule has 1 aliphatic carbocycles. The molecule has 3 fully saturated rings. The van der Waals surface area contributed by atoms with E-state index in [0.29, 0.717) is 30.2 Å². The molecule has 7 nitrogen and oxygen atoms in total. The summed E-state index contributed by atoms with van der Waals surface area (Å²) in [5.41, 5.74) is 0.253. The van der Waals surface area contributed by atoms with Crippen LogP contribution in [0.1, 0.15) is 38.5 Å². The van der Waals surface area contributed by atoms with Gasteiger partial charge in [-0.05, 0) is 49.5 Å². The van der Waals surface area contributed by atoms with Gasteiger partial charge in [0.25, 0.3) is 0 Å². The lowest BCUT2D eigenvalue weighted by atomic mass is 9.66. The normalized spacial score (nSPS) is 22.6. The van der Waals surface area contributed by atoms with Crippen LogP contribution in [0.25, 0.3) is 0 Å². The molecule has 3 aliphatic rings. The summed E-state index contributed by atoms with van der Waals surface area (Å²) >= 11 is 0. The molecule has 1 atom stereocenters. The first-order valence-electron chi connectivity index (χ1n) is 10.9. The highest BCUT2D eigenvalue weighted by Gasteiger charge is 2.44. The van der Waals surface area contributed by atoms with Gasteiger partial charge in [-0.3, -0.25) is 4.79 Å². The number of likely N-dealkylation sites (tertiary alicyclic amines) is 1. The smallest absolute Gasteiger partial charge is 0.477 e. The van der Waals surface area contributed by atoms with Crippen molar-refractivity contribution in [3.63, 3.8) is 0 Å². The quantitative estimate of drug-likeness (QED) is 0.726. The maximum Gasteiger partial charge on any atom is 0.490 e. The summed E-state index contributed by atoms with van der Waals surface area (Å²) in [7, 11) is 0. The number of carboxylic acid groups (broad SMARTS) is 1. The standard InChI is InChI=1S/C20H28N2O3.C2HF3O2/c23-19(13-16-4-5-16)22-10-6-20(7-11-22)8-12-24-14-17(20)15-25-18-3-1-2-9-21-18;3-2(4,5)1(6)7/h1-3,9,16-17H,4-8,10-15H2;(H,6,7). The Kier molecular flexibility index (Phi) is 7.97. The average molecular weight is 458 g/mol. The number of aliphatic carboxylic acids is 1. The number of nitrogens with zero attached hydrogens (tertiary/aromatic N) is 2. The minimum Gasteiger partial charge on any atom is -0.477 e. The fraction of sp³-hybridized carbons (Fsp3) is 0.682. The Balaban J connectivity index is 0.000000360. The van der Waals surface area contributed by atoms with E-state index in [-0.39, 0.29) is 5.41 Å². The van der Waals surface area contributed by atoms with Crippen LogP contribution in [0.5, 0.6) is 5.88 Å². The van der Waals surface area contributed by atoms with Gasteiger partial charge in [0.1, 0.15) is 0 Å². The van der Waals surface area contributed by atoms with E-state index in [0.717, 1.165) is 52.0 Å². The number of amides is 1. The molecule has 2 saturated heterocycles. The summed E-state index contributed by atoms with van der Waals surface area (Å²) in [5, 5.41) is 7.12. The van der Waals surface area contributed by atoms with Crippen LogP contribution in [0, 0.1) is 17.3 Å². The van der Waals surface area contributed by atoms with E-state index in [4.69, 9.17) is 19.4 Å². The van der Waals surface area contributed by atoms with Crippen LogP contribution in [0.15, 0.2) is 24.4 Å². The maximum absolute atomic E-state index is 12.4. The highest BCUT2D eigenvalue weighted by atomic mass is 19.4. The lowest BCUT2D eigenvalue weighted by Crippen LogP contribution is -2.51. The number of pyridine rings is 1. The second-order valence-corrected chi connectivity index (χ2v) is 8.69. The highest BCUT2D eigenvalue weighted by molar-refractivity contribution is 5.76. The van der Waals surface area contributed by atoms with Crippen LogP contribution in [0.4, 0.5) is 13.2 Å². The lowest BCUT2D eigenvalue weighted by molar-refractivity contribution is -0.192. The molecule has 1 N–H and O–H groups in total. The summed E-state index contributed by atoms with van der Waals surface area (Å²) in [6, 6.07) is 5.74. The Labute approximate surface area is 184 Å². The average Bonchev–Trinajstić information content (AvgIpc) is 3.58. The molecule has 10 heteroatoms. The summed E-state index contributed by atoms with van der Waals surface area (Å²) < 4.78 is 43.4. The van der Waals surface area contributed by atoms with Gasteiger partial charge in [0.15, 0.2) is 0 Å². The van der Waals surface area contributed by atoms with Crippen LogP contribution in [0.2, 0.25) is 0 Å². The Hall–Kier alpha value is -2.36. The van der Waals surface area contributed by atoms with Crippen LogP contribution in [0.3, 0.4) is 0 Å². The zero-order valence-electron chi connectivity index (χ0n) is 17.9. The zero-order valence-corrected chi connectivity index (χ0v) is 17.9. The predicted octanol–water partition coefficient (Wildman–Crippen LogP) is 3.54. The van der Waals surface area contributed by atoms with Crippen LogP contribution in [-0.2, 0) is 14.3 Å². The molecular weight excluding hydrogens is 429 g/mol. The summed E-state index contributed by atoms with van der Waals surface area (Å²) in [4.78, 5) is 27.6. The third kappa shape index (κ3) is 6.82. The summed E-state index contributed by atoms with van der Waals surface area (Å²) in [6.07, 6.45) is 3.15. The van der Waals surface area contributed by atoms with Gasteiger partial charge in [0, 0.05) is 44.3 Å². The second-order valence-electron chi connectivity index (χ2n) is 8.69. The first-order valence-corrected chi connectivity index (χ1v) is 10.9. The first kappa shape index (κ1) is 24.3. The molecule has 178 valence electrons. The molecule has 32 heavy (non-hydrogen) atoms. The predicted molar refractivity (Wildman–Crippen MR) is 108 cm³/mol. The van der Waals surface area contributed by atoms with E-state index in [2.05, 4.69) is 9.88 Å². The number of halogens is 3. The van der Waals surface area contributed by atoms with Crippen molar-refractivity contribution in [2.75, 3.05) is 32.9 Å². The number of carbonyl (C=O) groups is 2. The molecule has 1 amide bonds. The fourth-order valence-electron chi connectivity index (χ4n) is 4.28. The van der Waals surface area contributed by atoms with E-state index < -0.39 is 12.1 Å². The maximum atomic E-state index is 12.4. The summed E-state index contributed by atoms with van der Waals surface area (Å²) in [6.45, 7) is 4.02. The van der Waals surface area contributed by atoms with Crippen molar-refractivity contribution >= 4 is 11.9 Å². The Bertz CT molecular complexity index is 763. The molecule has 1 aromatic rings. The summed E-state index contributed by atoms with van der Waals surface area (Å²) in [5.74, 6) is -0.659. The number of hydrogen-bond donors (Lipinski definition) is 1. The number of aromatic nitrogens is 1. The van der Waals surface area contributed by atoms with Crippen molar-refractivity contribution in [1.29, 1.82) is 0 Å². The molecule has 1 saturated carbocycles. The molecule has 3 heterocycles. The van der Waals surface area contributed by atoms with Gasteiger partial charge in [-0.2, -0.15) is 13.2 Å². The van der Waals surface area contributed by atoms with E-state index in [1.807, 2.05) is 18.2 Å². The number of rotatable bonds is 5. The molecule has 0 bridgehead atoms. The molecule has 4 rings (SSSR count). The van der Waals surface area contributed by atoms with E-state index in [1.54, 1.807) is 6.20 Å². The minimum atomic E-state index is -5.08. The van der Waals surface area contributed by atoms with E-state index in [9.17, 15) is 18.0 Å². The monoisotopic (exact) mass is 458 g/mol. The van der Waals surface area contributed by atoms with Crippen molar-refractivity contribution < 1.29 is 37.3 Å². The van der Waals surface area contributed by atoms with Gasteiger partial charge in [0.05, 0.1) is 13.2 Å². The lowest BCUT2D eigenvalue weighted by Gasteiger charge is -2.48. The fourth-order valence-corrected chi connectivity index (χ4v) is 4.28. The molecule has 1 spiro atoms. The van der Waals surface area contributed by atoms with Crippen LogP contribution >= 0.6 is 0 Å². The largest absolute Gasteiger partial charge is 0.490 e. The number of carbonyl (C=O) groups excluding carboxylic acids is 1. The van der Waals surface area contributed by atoms with Gasteiger partial charge in [-0.15, -0.1) is 0 Å². The first-order chi connectivity index (χ1) is 15.2. The molecule has 2 aliphatic heterocycles. The molecule has 1 unspecified atom stereocenters. The zero-order chi connectivity index (χ0) is 23.2. The highest BCUT2D eigenvalue weighted by Crippen LogP contribution is 2.45. The third-order valence-electron chi connectivity index (χ3n) is 6.51. The molecule has 1 aromatic heterocycles. The van der Waals surface area contributed by atoms with E-state index >= 15 is 0 Å². The van der Waals surface area contributed by atoms with Crippen molar-refractivity contribution in [1.82, 2.24) is 9.88 Å². The minimum absolute atomic E-state index is 0.253. The number of piperidine rings is 1. The number of carboxylic acids is 1. The van der Waals surface area contributed by atoms with E-state index in [1.165, 1.54) is 12.8 Å². The molecular formula is C22H29F3N2O5. The molecule has 0 aromatic carbocycles. The second kappa shape index (κ2) is 10.5. The van der Waals surface area contributed by atoms with Crippen molar-refractivity contribution in [3.05, 3.63) is 24.4 Å². The van der Waals surface area contributed by atoms with Crippen molar-refractivity contribution in [2.24, 2.45) is 17.3 Å². The van der Waals surface area contributed by atoms with Gasteiger partial charge < -0.3 is 19.5 Å². The molecule has 0 radical (unpaired) electrons. The van der Waals surface area contributed by atoms with Gasteiger partial charge in [-0.1, -0.05) is 6.07 Å². The number of ether oxygens (including phenoxy) is 2. The van der Waals surface area contributed by atoms with Gasteiger partial charge in [-0.25, -0.2) is 9.78 Å². The number of alkyl halides is 3. The SMILES string of the molecule is O=C(CC1CC1)N1CCC2(CCOCC2COc2ccccn2)CC1.O=C(O)C(F)(F)F. The Morgan fingerprint density at radius 3 is 2.47 bits per heavy atom. The Morgan fingerprint density at radius 2 is 1.91 bits per heavy atom. The van der Waals surface area contributed by atoms with Gasteiger partial charge in [0.2, 0.25) is 11.8 Å². The van der Waals surface area contributed by atoms with Crippen molar-refractivity contribution in [3.8, 4) is 5.88 Å². The van der Waals surface area contributed by atoms with Gasteiger partial charge >= 0.3 is 12.1 Å². The topological polar surface area (TPSA) is 89.0 Å². The van der Waals surface area contributed by atoms with Crippen molar-refractivity contribution in [2.45, 2.75) is 44.7 Å². The Morgan fingerprint density at radius 1 is 1.22 bits per heavy atom. The number of hydrogen-bond acceptors (Lipinski definition) is 5. The van der Waals surface area contributed by atoms with Crippen LogP contribution < -0.4 is 4.74 Å². The third-order valence-corrected chi connectivity index (χ3v) is 6.51.